The molecule has 198 valence electrons. The van der Waals surface area contributed by atoms with Gasteiger partial charge in [0.05, 0.1) is 17.5 Å². The average Bonchev–Trinajstić information content (AvgIpc) is 3.39. The number of nitrogens with one attached hydrogen (secondary N) is 2. The summed E-state index contributed by atoms with van der Waals surface area (Å²) < 4.78 is 29.1. The van der Waals surface area contributed by atoms with Gasteiger partial charge in [0.1, 0.15) is 6.04 Å². The van der Waals surface area contributed by atoms with Crippen molar-refractivity contribution in [1.82, 2.24) is 19.9 Å². The number of hydrogen-bond acceptors (Lipinski definition) is 8. The fourth-order valence-electron chi connectivity index (χ4n) is 4.19. The number of aromatic nitrogens is 1. The molecule has 0 aliphatic carbocycles. The summed E-state index contributed by atoms with van der Waals surface area (Å²) in [4.78, 5) is 43.8. The second-order valence-corrected chi connectivity index (χ2v) is 14.1. The molecule has 3 aromatic rings. The van der Waals surface area contributed by atoms with Crippen molar-refractivity contribution in [2.24, 2.45) is 5.41 Å². The number of nitrogens with zero attached hydrogens (tertiary/aromatic N) is 2. The Balaban J connectivity index is 1.45. The lowest BCUT2D eigenvalue weighted by molar-refractivity contribution is -0.129. The molecule has 12 heteroatoms. The number of hydrogen-bond donors (Lipinski definition) is 2. The highest BCUT2D eigenvalue weighted by atomic mass is 32.2. The van der Waals surface area contributed by atoms with E-state index in [0.29, 0.717) is 24.1 Å². The average molecular weight is 563 g/mol. The predicted molar refractivity (Wildman–Crippen MR) is 144 cm³/mol. The van der Waals surface area contributed by atoms with Gasteiger partial charge in [-0.25, -0.2) is 13.4 Å². The number of carbonyl (C=O) groups is 3. The molecule has 0 aromatic carbocycles. The first-order valence-corrected chi connectivity index (χ1v) is 15.1. The van der Waals surface area contributed by atoms with E-state index in [-0.39, 0.29) is 29.4 Å². The van der Waals surface area contributed by atoms with Crippen LogP contribution in [0.5, 0.6) is 0 Å². The predicted octanol–water partition coefficient (Wildman–Crippen LogP) is 3.43. The molecule has 2 amide bonds. The molecule has 4 rings (SSSR count). The van der Waals surface area contributed by atoms with Crippen molar-refractivity contribution in [1.29, 1.82) is 0 Å². The molecule has 1 saturated heterocycles. The molecule has 3 aromatic heterocycles. The lowest BCUT2D eigenvalue weighted by Gasteiger charge is -2.27. The van der Waals surface area contributed by atoms with E-state index in [1.807, 2.05) is 38.3 Å². The van der Waals surface area contributed by atoms with E-state index >= 15 is 0 Å². The summed E-state index contributed by atoms with van der Waals surface area (Å²) >= 11 is 2.92. The van der Waals surface area contributed by atoms with Crippen LogP contribution in [-0.2, 0) is 19.6 Å². The smallest absolute Gasteiger partial charge is 0.262 e. The number of fused-ring (bicyclic) bond motifs is 1. The third-order valence-corrected chi connectivity index (χ3v) is 9.83. The third kappa shape index (κ3) is 6.61. The second kappa shape index (κ2) is 11.0. The molecule has 0 saturated carbocycles. The maximum absolute atomic E-state index is 13.3. The minimum absolute atomic E-state index is 0.119. The van der Waals surface area contributed by atoms with E-state index in [4.69, 9.17) is 0 Å². The zero-order valence-electron chi connectivity index (χ0n) is 20.9. The molecular formula is C25H30N4O5S3. The van der Waals surface area contributed by atoms with E-state index in [1.165, 1.54) is 23.6 Å². The number of pyridine rings is 1. The number of ketones is 1. The molecule has 1 aliphatic heterocycles. The first-order valence-electron chi connectivity index (χ1n) is 12.0. The van der Waals surface area contributed by atoms with Gasteiger partial charge in [-0.15, -0.1) is 22.7 Å². The van der Waals surface area contributed by atoms with Crippen molar-refractivity contribution in [2.45, 2.75) is 57.1 Å². The Morgan fingerprint density at radius 2 is 2.00 bits per heavy atom. The van der Waals surface area contributed by atoms with Crippen LogP contribution in [0.25, 0.3) is 9.40 Å². The molecule has 0 spiro atoms. The molecule has 1 aliphatic rings. The standard InChI is InChI=1S/C25H30N4O5S3/c1-25(2,3)14-17(28-24(32)21-13-20-19(36-21)9-12-35-20)23(31)27-16-7-6-11-29(15-18(16)30)37(33,34)22-8-4-5-10-26-22/h4-5,8-10,12-13,16-17H,6-7,11,14-15H2,1-3H3,(H,27,31)(H,28,32)/t16-,17-/m0/s1. The van der Waals surface area contributed by atoms with Gasteiger partial charge in [-0.2, -0.15) is 4.31 Å². The molecule has 0 unspecified atom stereocenters. The van der Waals surface area contributed by atoms with Gasteiger partial charge in [0.2, 0.25) is 5.91 Å². The summed E-state index contributed by atoms with van der Waals surface area (Å²) in [5.41, 5.74) is -0.272. The zero-order chi connectivity index (χ0) is 26.8. The topological polar surface area (TPSA) is 126 Å². The largest absolute Gasteiger partial charge is 0.344 e. The second-order valence-electron chi connectivity index (χ2n) is 10.2. The van der Waals surface area contributed by atoms with Crippen molar-refractivity contribution in [3.63, 3.8) is 0 Å². The molecule has 0 radical (unpaired) electrons. The van der Waals surface area contributed by atoms with Crippen LogP contribution in [0.3, 0.4) is 0 Å². The zero-order valence-corrected chi connectivity index (χ0v) is 23.3. The van der Waals surface area contributed by atoms with Gasteiger partial charge in [-0.3, -0.25) is 14.4 Å². The number of rotatable bonds is 7. The van der Waals surface area contributed by atoms with E-state index in [9.17, 15) is 22.8 Å². The number of sulfonamides is 1. The number of carbonyl (C=O) groups excluding carboxylic acids is 3. The Morgan fingerprint density at radius 1 is 1.22 bits per heavy atom. The van der Waals surface area contributed by atoms with Crippen LogP contribution >= 0.6 is 22.7 Å². The maximum atomic E-state index is 13.3. The Kier molecular flexibility index (Phi) is 8.12. The molecule has 1 fully saturated rings. The van der Waals surface area contributed by atoms with Crippen molar-refractivity contribution >= 4 is 59.7 Å². The molecular weight excluding hydrogens is 532 g/mol. The Morgan fingerprint density at radius 3 is 2.68 bits per heavy atom. The number of thiophene rings is 2. The highest BCUT2D eigenvalue weighted by Crippen LogP contribution is 2.30. The van der Waals surface area contributed by atoms with Gasteiger partial charge in [0, 0.05) is 22.1 Å². The summed E-state index contributed by atoms with van der Waals surface area (Å²) in [6.45, 7) is 5.70. The van der Waals surface area contributed by atoms with Gasteiger partial charge in [-0.1, -0.05) is 26.8 Å². The Bertz CT molecular complexity index is 1360. The normalized spacial score (nSPS) is 18.4. The number of Topliss-reactive ketones (excluding diaryl/α,β-unsaturated/α-hetero) is 1. The molecule has 0 bridgehead atoms. The lowest BCUT2D eigenvalue weighted by Crippen LogP contribution is -2.53. The maximum Gasteiger partial charge on any atom is 0.262 e. The van der Waals surface area contributed by atoms with Crippen molar-refractivity contribution < 1.29 is 22.8 Å². The van der Waals surface area contributed by atoms with E-state index < -0.39 is 33.8 Å². The molecule has 2 N–H and O–H groups in total. The van der Waals surface area contributed by atoms with Crippen LogP contribution in [0.1, 0.15) is 49.7 Å². The van der Waals surface area contributed by atoms with Crippen molar-refractivity contribution in [3.05, 3.63) is 46.8 Å². The summed E-state index contributed by atoms with van der Waals surface area (Å²) in [6, 6.07) is 6.66. The summed E-state index contributed by atoms with van der Waals surface area (Å²) in [7, 11) is -3.93. The third-order valence-electron chi connectivity index (χ3n) is 5.98. The van der Waals surface area contributed by atoms with Crippen LogP contribution in [0.15, 0.2) is 46.9 Å². The summed E-state index contributed by atoms with van der Waals surface area (Å²) in [5.74, 6) is -1.19. The summed E-state index contributed by atoms with van der Waals surface area (Å²) in [5, 5.41) is 7.48. The summed E-state index contributed by atoms with van der Waals surface area (Å²) in [6.07, 6.45) is 2.45. The lowest BCUT2D eigenvalue weighted by atomic mass is 9.87. The SMILES string of the molecule is CC(C)(C)C[C@H](NC(=O)c1cc2sccc2s1)C(=O)N[C@H]1CCCN(S(=O)(=O)c2ccccn2)CC1=O. The van der Waals surface area contributed by atoms with E-state index in [1.54, 1.807) is 23.5 Å². The van der Waals surface area contributed by atoms with Gasteiger partial charge in [0.15, 0.2) is 10.8 Å². The van der Waals surface area contributed by atoms with E-state index in [0.717, 1.165) is 13.7 Å². The van der Waals surface area contributed by atoms with Crippen LogP contribution in [-0.4, -0.2) is 60.5 Å². The van der Waals surface area contributed by atoms with Gasteiger partial charge in [0.25, 0.3) is 15.9 Å². The van der Waals surface area contributed by atoms with Crippen LogP contribution in [0.4, 0.5) is 0 Å². The fourth-order valence-corrected chi connectivity index (χ4v) is 7.57. The van der Waals surface area contributed by atoms with Crippen LogP contribution < -0.4 is 10.6 Å². The Hall–Kier alpha value is -2.67. The van der Waals surface area contributed by atoms with Crippen LogP contribution in [0, 0.1) is 5.41 Å². The first kappa shape index (κ1) is 27.4. The first-order chi connectivity index (χ1) is 17.4. The van der Waals surface area contributed by atoms with Crippen molar-refractivity contribution in [3.8, 4) is 0 Å². The number of amides is 2. The minimum Gasteiger partial charge on any atom is -0.344 e. The minimum atomic E-state index is -3.93. The fraction of sp³-hybridized carbons (Fsp3) is 0.440. The van der Waals surface area contributed by atoms with Gasteiger partial charge in [-0.05, 0) is 54.3 Å². The molecule has 9 nitrogen and oxygen atoms in total. The highest BCUT2D eigenvalue weighted by Gasteiger charge is 2.35. The molecule has 4 heterocycles. The highest BCUT2D eigenvalue weighted by molar-refractivity contribution is 7.89. The van der Waals surface area contributed by atoms with Gasteiger partial charge < -0.3 is 10.6 Å². The Labute approximate surface area is 224 Å². The van der Waals surface area contributed by atoms with Crippen molar-refractivity contribution in [2.75, 3.05) is 13.1 Å². The quantitative estimate of drug-likeness (QED) is 0.455. The van der Waals surface area contributed by atoms with Crippen LogP contribution in [0.2, 0.25) is 0 Å². The monoisotopic (exact) mass is 562 g/mol. The molecule has 37 heavy (non-hydrogen) atoms. The van der Waals surface area contributed by atoms with E-state index in [2.05, 4.69) is 15.6 Å². The molecule has 2 atom stereocenters. The van der Waals surface area contributed by atoms with Gasteiger partial charge >= 0.3 is 0 Å².